The van der Waals surface area contributed by atoms with Crippen LogP contribution in [0.2, 0.25) is 0 Å². The number of rotatable bonds is 6. The highest BCUT2D eigenvalue weighted by atomic mass is 32.2. The Bertz CT molecular complexity index is 774. The molecule has 2 rings (SSSR count). The third kappa shape index (κ3) is 4.51. The van der Waals surface area contributed by atoms with Crippen LogP contribution >= 0.6 is 0 Å². The maximum absolute atomic E-state index is 12.6. The number of nitrogens with two attached hydrogens (primary N) is 1. The summed E-state index contributed by atoms with van der Waals surface area (Å²) in [6, 6.07) is 3.37. The van der Waals surface area contributed by atoms with Gasteiger partial charge < -0.3 is 15.1 Å². The number of benzene rings is 1. The Morgan fingerprint density at radius 1 is 1.44 bits per heavy atom. The first kappa shape index (κ1) is 19.2. The largest absolute Gasteiger partial charge is 0.315 e. The van der Waals surface area contributed by atoms with Gasteiger partial charge in [0.1, 0.15) is 0 Å². The van der Waals surface area contributed by atoms with Gasteiger partial charge in [0.15, 0.2) is 4.90 Å². The first-order valence-electron chi connectivity index (χ1n) is 7.60. The zero-order valence-corrected chi connectivity index (χ0v) is 14.8. The molecule has 0 aliphatic carbocycles. The Labute approximate surface area is 145 Å². The molecule has 1 aromatic rings. The van der Waals surface area contributed by atoms with E-state index in [9.17, 15) is 23.3 Å². The lowest BCUT2D eigenvalue weighted by Crippen LogP contribution is -2.45. The van der Waals surface area contributed by atoms with E-state index in [2.05, 4.69) is 5.32 Å². The number of amides is 1. The molecule has 1 amide bonds. The molecule has 1 aliphatic heterocycles. The fraction of sp³-hybridized carbons (Fsp3) is 0.500. The van der Waals surface area contributed by atoms with Crippen molar-refractivity contribution in [2.75, 3.05) is 38.6 Å². The standard InChI is InChI=1S/C14H21N5O5S/c1-17(2)9-14(20)18(11-5-6-16-8-11)10-3-4-13(25(15,23)24)12(7-10)19(21)22/h3-4,7,11,16H,5-6,8-9H2,1-2H3,(H2,15,23,24)/t11-/m1/s1. The number of carbonyl (C=O) groups is 1. The van der Waals surface area contributed by atoms with Gasteiger partial charge in [-0.15, -0.1) is 0 Å². The Morgan fingerprint density at radius 3 is 2.60 bits per heavy atom. The number of carbonyl (C=O) groups excluding carboxylic acids is 1. The van der Waals surface area contributed by atoms with E-state index >= 15 is 0 Å². The van der Waals surface area contributed by atoms with E-state index in [1.807, 2.05) is 0 Å². The molecule has 0 bridgehead atoms. The number of nitro groups is 1. The molecule has 0 unspecified atom stereocenters. The van der Waals surface area contributed by atoms with Crippen molar-refractivity contribution >= 4 is 27.3 Å². The Kier molecular flexibility index (Phi) is 5.72. The zero-order valence-electron chi connectivity index (χ0n) is 14.0. The van der Waals surface area contributed by atoms with Crippen LogP contribution in [0.1, 0.15) is 6.42 Å². The molecule has 1 atom stereocenters. The Morgan fingerprint density at radius 2 is 2.12 bits per heavy atom. The number of anilines is 1. The third-order valence-corrected chi connectivity index (χ3v) is 4.80. The van der Waals surface area contributed by atoms with Crippen molar-refractivity contribution in [3.05, 3.63) is 28.3 Å². The molecule has 10 nitrogen and oxygen atoms in total. The van der Waals surface area contributed by atoms with Crippen LogP contribution in [0.4, 0.5) is 11.4 Å². The minimum Gasteiger partial charge on any atom is -0.315 e. The summed E-state index contributed by atoms with van der Waals surface area (Å²) >= 11 is 0. The van der Waals surface area contributed by atoms with Crippen LogP contribution in [-0.4, -0.2) is 63.9 Å². The van der Waals surface area contributed by atoms with Gasteiger partial charge >= 0.3 is 0 Å². The minimum absolute atomic E-state index is 0.126. The van der Waals surface area contributed by atoms with Crippen LogP contribution in [0.5, 0.6) is 0 Å². The second kappa shape index (κ2) is 7.44. The van der Waals surface area contributed by atoms with E-state index in [0.717, 1.165) is 18.7 Å². The van der Waals surface area contributed by atoms with Crippen LogP contribution in [-0.2, 0) is 14.8 Å². The molecule has 1 saturated heterocycles. The zero-order chi connectivity index (χ0) is 18.8. The smallest absolute Gasteiger partial charge is 0.291 e. The fourth-order valence-corrected chi connectivity index (χ4v) is 3.49. The maximum Gasteiger partial charge on any atom is 0.291 e. The Hall–Kier alpha value is -2.08. The number of hydrogen-bond acceptors (Lipinski definition) is 7. The SMILES string of the molecule is CN(C)CC(=O)N(c1ccc(S(N)(=O)=O)c([N+](=O)[O-])c1)[C@@H]1CCNC1. The molecule has 25 heavy (non-hydrogen) atoms. The maximum atomic E-state index is 12.6. The molecule has 1 fully saturated rings. The minimum atomic E-state index is -4.24. The molecular formula is C14H21N5O5S. The lowest BCUT2D eigenvalue weighted by Gasteiger charge is -2.29. The van der Waals surface area contributed by atoms with E-state index in [-0.39, 0.29) is 24.2 Å². The molecule has 0 aromatic heterocycles. The van der Waals surface area contributed by atoms with Gasteiger partial charge in [0.05, 0.1) is 23.2 Å². The number of nitrogens with zero attached hydrogens (tertiary/aromatic N) is 3. The summed E-state index contributed by atoms with van der Waals surface area (Å²) in [7, 11) is -0.754. The summed E-state index contributed by atoms with van der Waals surface area (Å²) in [6.07, 6.45) is 0.698. The van der Waals surface area contributed by atoms with E-state index in [1.165, 1.54) is 11.0 Å². The van der Waals surface area contributed by atoms with E-state index in [0.29, 0.717) is 13.0 Å². The molecule has 138 valence electrons. The number of hydrogen-bond donors (Lipinski definition) is 2. The average molecular weight is 371 g/mol. The second-order valence-corrected chi connectivity index (χ2v) is 7.63. The first-order chi connectivity index (χ1) is 11.6. The summed E-state index contributed by atoms with van der Waals surface area (Å²) < 4.78 is 23.1. The highest BCUT2D eigenvalue weighted by molar-refractivity contribution is 7.89. The normalized spacial score (nSPS) is 17.7. The molecule has 0 spiro atoms. The summed E-state index contributed by atoms with van der Waals surface area (Å²) in [5, 5.41) is 19.5. The fourth-order valence-electron chi connectivity index (χ4n) is 2.80. The first-order valence-corrected chi connectivity index (χ1v) is 9.14. The van der Waals surface area contributed by atoms with Gasteiger partial charge in [-0.1, -0.05) is 0 Å². The highest BCUT2D eigenvalue weighted by Gasteiger charge is 2.31. The number of sulfonamides is 1. The molecule has 11 heteroatoms. The second-order valence-electron chi connectivity index (χ2n) is 6.10. The number of nitrogens with one attached hydrogen (secondary N) is 1. The molecule has 3 N–H and O–H groups in total. The van der Waals surface area contributed by atoms with Gasteiger partial charge in [0.25, 0.3) is 5.69 Å². The number of likely N-dealkylation sites (N-methyl/N-ethyl adjacent to an activating group) is 1. The monoisotopic (exact) mass is 371 g/mol. The molecule has 1 heterocycles. The van der Waals surface area contributed by atoms with Crippen LogP contribution in [0.15, 0.2) is 23.1 Å². The lowest BCUT2D eigenvalue weighted by atomic mass is 10.1. The lowest BCUT2D eigenvalue weighted by molar-refractivity contribution is -0.387. The molecule has 1 aromatic carbocycles. The molecule has 0 radical (unpaired) electrons. The van der Waals surface area contributed by atoms with Crippen LogP contribution in [0.25, 0.3) is 0 Å². The summed E-state index contributed by atoms with van der Waals surface area (Å²) in [4.78, 5) is 25.7. The van der Waals surface area contributed by atoms with Crippen molar-refractivity contribution in [2.45, 2.75) is 17.4 Å². The van der Waals surface area contributed by atoms with Gasteiger partial charge in [-0.25, -0.2) is 13.6 Å². The summed E-state index contributed by atoms with van der Waals surface area (Å²) in [5.74, 6) is -0.226. The predicted molar refractivity (Wildman–Crippen MR) is 91.8 cm³/mol. The topological polar surface area (TPSA) is 139 Å². The summed E-state index contributed by atoms with van der Waals surface area (Å²) in [6.45, 7) is 1.42. The van der Waals surface area contributed by atoms with Gasteiger partial charge in [-0.05, 0) is 39.2 Å². The average Bonchev–Trinajstić information content (AvgIpc) is 2.99. The molecule has 1 aliphatic rings. The molecule has 0 saturated carbocycles. The highest BCUT2D eigenvalue weighted by Crippen LogP contribution is 2.30. The van der Waals surface area contributed by atoms with Crippen molar-refractivity contribution in [1.29, 1.82) is 0 Å². The van der Waals surface area contributed by atoms with Crippen molar-refractivity contribution < 1.29 is 18.1 Å². The van der Waals surface area contributed by atoms with Crippen LogP contribution < -0.4 is 15.4 Å². The van der Waals surface area contributed by atoms with E-state index in [1.54, 1.807) is 19.0 Å². The Balaban J connectivity index is 2.51. The number of primary sulfonamides is 1. The third-order valence-electron chi connectivity index (χ3n) is 3.84. The van der Waals surface area contributed by atoms with E-state index in [4.69, 9.17) is 5.14 Å². The van der Waals surface area contributed by atoms with Gasteiger partial charge in [0.2, 0.25) is 15.9 Å². The van der Waals surface area contributed by atoms with Crippen molar-refractivity contribution in [3.8, 4) is 0 Å². The number of nitro benzene ring substituents is 1. The van der Waals surface area contributed by atoms with Crippen molar-refractivity contribution in [1.82, 2.24) is 10.2 Å². The molecular weight excluding hydrogens is 350 g/mol. The van der Waals surface area contributed by atoms with E-state index < -0.39 is 25.5 Å². The van der Waals surface area contributed by atoms with Gasteiger partial charge in [0, 0.05) is 12.6 Å². The van der Waals surface area contributed by atoms with Crippen molar-refractivity contribution in [3.63, 3.8) is 0 Å². The quantitative estimate of drug-likeness (QED) is 0.507. The predicted octanol–water partition coefficient (Wildman–Crippen LogP) is -0.501. The van der Waals surface area contributed by atoms with Crippen molar-refractivity contribution in [2.24, 2.45) is 5.14 Å². The van der Waals surface area contributed by atoms with Gasteiger partial charge in [-0.3, -0.25) is 14.9 Å². The van der Waals surface area contributed by atoms with Crippen LogP contribution in [0, 0.1) is 10.1 Å². The summed E-state index contributed by atoms with van der Waals surface area (Å²) in [5.41, 5.74) is -0.367. The van der Waals surface area contributed by atoms with Crippen LogP contribution in [0.3, 0.4) is 0 Å². The van der Waals surface area contributed by atoms with Gasteiger partial charge in [-0.2, -0.15) is 0 Å².